The van der Waals surface area contributed by atoms with Crippen molar-refractivity contribution in [1.29, 1.82) is 0 Å². The fourth-order valence-corrected chi connectivity index (χ4v) is 2.55. The van der Waals surface area contributed by atoms with E-state index in [4.69, 9.17) is 34.8 Å². The van der Waals surface area contributed by atoms with E-state index in [1.165, 1.54) is 6.07 Å². The van der Waals surface area contributed by atoms with Crippen molar-refractivity contribution < 1.29 is 5.11 Å². The van der Waals surface area contributed by atoms with Crippen molar-refractivity contribution in [2.24, 2.45) is 0 Å². The highest BCUT2D eigenvalue weighted by Gasteiger charge is 2.10. The molecule has 0 aliphatic heterocycles. The van der Waals surface area contributed by atoms with Gasteiger partial charge in [0.2, 0.25) is 0 Å². The third-order valence-electron chi connectivity index (χ3n) is 3.08. The maximum Gasteiger partial charge on any atom is 0.138 e. The van der Waals surface area contributed by atoms with Crippen LogP contribution in [0.2, 0.25) is 15.1 Å². The molecule has 2 aromatic carbocycles. The Kier molecular flexibility index (Phi) is 5.17. The molecule has 0 spiro atoms. The first kappa shape index (κ1) is 15.5. The second-order valence-electron chi connectivity index (χ2n) is 4.55. The van der Waals surface area contributed by atoms with Crippen LogP contribution in [0.25, 0.3) is 0 Å². The Morgan fingerprint density at radius 1 is 1.05 bits per heavy atom. The molecule has 2 aromatic rings. The summed E-state index contributed by atoms with van der Waals surface area (Å²) in [6.45, 7) is 2.50. The van der Waals surface area contributed by atoms with Crippen molar-refractivity contribution in [3.05, 3.63) is 62.6 Å². The molecule has 0 aliphatic carbocycles. The standard InChI is InChI=1S/C15H14Cl3NO/c1-9(10-2-4-12(16)5-3-10)19-8-11-6-13(17)7-14(18)15(11)20/h2-7,9,19-20H,8H2,1H3/t9-/m0/s1. The van der Waals surface area contributed by atoms with Gasteiger partial charge in [0.1, 0.15) is 5.75 Å². The van der Waals surface area contributed by atoms with E-state index < -0.39 is 0 Å². The van der Waals surface area contributed by atoms with Gasteiger partial charge in [-0.15, -0.1) is 0 Å². The summed E-state index contributed by atoms with van der Waals surface area (Å²) in [5.74, 6) is 0.0619. The van der Waals surface area contributed by atoms with Gasteiger partial charge >= 0.3 is 0 Å². The second kappa shape index (κ2) is 6.68. The number of halogens is 3. The zero-order valence-electron chi connectivity index (χ0n) is 10.8. The predicted octanol–water partition coefficient (Wildman–Crippen LogP) is 5.20. The topological polar surface area (TPSA) is 32.3 Å². The molecule has 0 heterocycles. The molecule has 0 saturated carbocycles. The Bertz CT molecular complexity index is 599. The minimum atomic E-state index is 0.0619. The average molecular weight is 331 g/mol. The first-order valence-electron chi connectivity index (χ1n) is 6.13. The van der Waals surface area contributed by atoms with Crippen LogP contribution in [-0.2, 0) is 6.54 Å². The number of rotatable bonds is 4. The lowest BCUT2D eigenvalue weighted by Gasteiger charge is -2.15. The van der Waals surface area contributed by atoms with Crippen LogP contribution in [0.3, 0.4) is 0 Å². The summed E-state index contributed by atoms with van der Waals surface area (Å²) in [6, 6.07) is 11.0. The van der Waals surface area contributed by atoms with Crippen molar-refractivity contribution >= 4 is 34.8 Å². The number of hydrogen-bond acceptors (Lipinski definition) is 2. The molecule has 0 saturated heterocycles. The fourth-order valence-electron chi connectivity index (χ4n) is 1.89. The van der Waals surface area contributed by atoms with Gasteiger partial charge in [-0.2, -0.15) is 0 Å². The molecule has 5 heteroatoms. The van der Waals surface area contributed by atoms with E-state index in [-0.39, 0.29) is 16.8 Å². The molecule has 0 bridgehead atoms. The summed E-state index contributed by atoms with van der Waals surface area (Å²) in [5.41, 5.74) is 1.78. The van der Waals surface area contributed by atoms with E-state index in [9.17, 15) is 5.11 Å². The number of phenolic OH excluding ortho intramolecular Hbond substituents is 1. The van der Waals surface area contributed by atoms with Crippen LogP contribution in [-0.4, -0.2) is 5.11 Å². The number of phenols is 1. The van der Waals surface area contributed by atoms with Gasteiger partial charge in [-0.25, -0.2) is 0 Å². The van der Waals surface area contributed by atoms with Crippen LogP contribution >= 0.6 is 34.8 Å². The fraction of sp³-hybridized carbons (Fsp3) is 0.200. The molecule has 106 valence electrons. The molecule has 0 amide bonds. The van der Waals surface area contributed by atoms with Crippen LogP contribution in [0, 0.1) is 0 Å². The zero-order valence-corrected chi connectivity index (χ0v) is 13.1. The summed E-state index contributed by atoms with van der Waals surface area (Å²) in [6.07, 6.45) is 0. The van der Waals surface area contributed by atoms with Crippen molar-refractivity contribution in [2.45, 2.75) is 19.5 Å². The Labute approximate surface area is 133 Å². The lowest BCUT2D eigenvalue weighted by atomic mass is 10.1. The Morgan fingerprint density at radius 3 is 2.35 bits per heavy atom. The van der Waals surface area contributed by atoms with Gasteiger partial charge < -0.3 is 10.4 Å². The van der Waals surface area contributed by atoms with Crippen LogP contribution in [0.4, 0.5) is 0 Å². The molecular weight excluding hydrogens is 317 g/mol. The SMILES string of the molecule is C[C@H](NCc1cc(Cl)cc(Cl)c1O)c1ccc(Cl)cc1. The molecule has 2 nitrogen and oxygen atoms in total. The Morgan fingerprint density at radius 2 is 1.70 bits per heavy atom. The molecule has 20 heavy (non-hydrogen) atoms. The minimum absolute atomic E-state index is 0.0619. The van der Waals surface area contributed by atoms with Crippen LogP contribution in [0.15, 0.2) is 36.4 Å². The maximum absolute atomic E-state index is 9.89. The molecule has 0 aromatic heterocycles. The van der Waals surface area contributed by atoms with E-state index >= 15 is 0 Å². The Hall–Kier alpha value is -0.930. The van der Waals surface area contributed by atoms with E-state index in [1.54, 1.807) is 6.07 Å². The quantitative estimate of drug-likeness (QED) is 0.807. The highest BCUT2D eigenvalue weighted by molar-refractivity contribution is 6.35. The molecule has 0 aliphatic rings. The molecule has 2 N–H and O–H groups in total. The summed E-state index contributed by atoms with van der Waals surface area (Å²) < 4.78 is 0. The van der Waals surface area contributed by atoms with Gasteiger partial charge in [-0.3, -0.25) is 0 Å². The summed E-state index contributed by atoms with van der Waals surface area (Å²) in [7, 11) is 0. The zero-order chi connectivity index (χ0) is 14.7. The van der Waals surface area contributed by atoms with Gasteiger partial charge in [0.15, 0.2) is 0 Å². The van der Waals surface area contributed by atoms with Crippen molar-refractivity contribution in [3.63, 3.8) is 0 Å². The normalized spacial score (nSPS) is 12.4. The van der Waals surface area contributed by atoms with Gasteiger partial charge in [0.25, 0.3) is 0 Å². The van der Waals surface area contributed by atoms with E-state index in [2.05, 4.69) is 5.32 Å². The minimum Gasteiger partial charge on any atom is -0.506 e. The van der Waals surface area contributed by atoms with Crippen LogP contribution < -0.4 is 5.32 Å². The summed E-state index contributed by atoms with van der Waals surface area (Å²) >= 11 is 17.7. The van der Waals surface area contributed by atoms with E-state index in [0.717, 1.165) is 5.56 Å². The van der Waals surface area contributed by atoms with E-state index in [1.807, 2.05) is 31.2 Å². The number of hydrogen-bond donors (Lipinski definition) is 2. The molecule has 0 unspecified atom stereocenters. The summed E-state index contributed by atoms with van der Waals surface area (Å²) in [4.78, 5) is 0. The lowest BCUT2D eigenvalue weighted by Crippen LogP contribution is -2.18. The summed E-state index contributed by atoms with van der Waals surface area (Å²) in [5, 5.41) is 14.7. The third kappa shape index (κ3) is 3.80. The number of benzene rings is 2. The average Bonchev–Trinajstić information content (AvgIpc) is 2.41. The van der Waals surface area contributed by atoms with E-state index in [0.29, 0.717) is 22.2 Å². The number of nitrogens with one attached hydrogen (secondary N) is 1. The molecule has 2 rings (SSSR count). The maximum atomic E-state index is 9.89. The van der Waals surface area contributed by atoms with Gasteiger partial charge in [-0.1, -0.05) is 46.9 Å². The highest BCUT2D eigenvalue weighted by atomic mass is 35.5. The van der Waals surface area contributed by atoms with Gasteiger partial charge in [0, 0.05) is 28.2 Å². The first-order chi connectivity index (χ1) is 9.47. The van der Waals surface area contributed by atoms with Crippen molar-refractivity contribution in [2.75, 3.05) is 0 Å². The largest absolute Gasteiger partial charge is 0.506 e. The third-order valence-corrected chi connectivity index (χ3v) is 3.83. The van der Waals surface area contributed by atoms with Crippen LogP contribution in [0.5, 0.6) is 5.75 Å². The predicted molar refractivity (Wildman–Crippen MR) is 84.8 cm³/mol. The smallest absolute Gasteiger partial charge is 0.138 e. The van der Waals surface area contributed by atoms with Crippen LogP contribution in [0.1, 0.15) is 24.1 Å². The monoisotopic (exact) mass is 329 g/mol. The van der Waals surface area contributed by atoms with Crippen molar-refractivity contribution in [3.8, 4) is 5.75 Å². The second-order valence-corrected chi connectivity index (χ2v) is 5.83. The molecule has 0 fully saturated rings. The molecular formula is C15H14Cl3NO. The Balaban J connectivity index is 2.07. The lowest BCUT2D eigenvalue weighted by molar-refractivity contribution is 0.460. The van der Waals surface area contributed by atoms with Gasteiger partial charge in [-0.05, 0) is 36.8 Å². The first-order valence-corrected chi connectivity index (χ1v) is 7.26. The molecule has 0 radical (unpaired) electrons. The van der Waals surface area contributed by atoms with Gasteiger partial charge in [0.05, 0.1) is 5.02 Å². The highest BCUT2D eigenvalue weighted by Crippen LogP contribution is 2.31. The molecule has 1 atom stereocenters. The number of aromatic hydroxyl groups is 1. The van der Waals surface area contributed by atoms with Crippen molar-refractivity contribution in [1.82, 2.24) is 5.32 Å².